The van der Waals surface area contributed by atoms with Crippen LogP contribution in [-0.2, 0) is 16.1 Å². The zero-order valence-corrected chi connectivity index (χ0v) is 27.8. The summed E-state index contributed by atoms with van der Waals surface area (Å²) in [7, 11) is 0. The van der Waals surface area contributed by atoms with Gasteiger partial charge in [0.1, 0.15) is 12.4 Å². The van der Waals surface area contributed by atoms with Crippen molar-refractivity contribution in [2.45, 2.75) is 24.5 Å². The van der Waals surface area contributed by atoms with Gasteiger partial charge in [-0.3, -0.25) is 9.36 Å². The van der Waals surface area contributed by atoms with Crippen LogP contribution >= 0.6 is 39.0 Å². The van der Waals surface area contributed by atoms with E-state index >= 15 is 0 Å². The number of fused-ring (bicyclic) bond motifs is 1. The van der Waals surface area contributed by atoms with E-state index in [9.17, 15) is 9.59 Å². The van der Waals surface area contributed by atoms with Crippen LogP contribution in [0.3, 0.4) is 0 Å². The van der Waals surface area contributed by atoms with Crippen molar-refractivity contribution in [3.63, 3.8) is 0 Å². The molecule has 0 saturated carbocycles. The molecule has 45 heavy (non-hydrogen) atoms. The molecule has 6 nitrogen and oxygen atoms in total. The van der Waals surface area contributed by atoms with Gasteiger partial charge in [-0.2, -0.15) is 0 Å². The van der Waals surface area contributed by atoms with E-state index in [4.69, 9.17) is 14.5 Å². The summed E-state index contributed by atoms with van der Waals surface area (Å²) in [5.41, 5.74) is 4.09. The minimum atomic E-state index is -0.714. The zero-order chi connectivity index (χ0) is 31.3. The van der Waals surface area contributed by atoms with E-state index in [0.717, 1.165) is 31.6 Å². The Labute approximate surface area is 277 Å². The molecule has 1 aromatic heterocycles. The molecule has 1 atom stereocenters. The summed E-state index contributed by atoms with van der Waals surface area (Å²) in [4.78, 5) is 34.3. The molecule has 0 radical (unpaired) electrons. The number of hydrogen-bond acceptors (Lipinski definition) is 7. The fraction of sp³-hybridized carbons (Fsp3) is 0.139. The number of nitrogens with zero attached hydrogens (tertiary/aromatic N) is 2. The van der Waals surface area contributed by atoms with E-state index in [2.05, 4.69) is 15.9 Å². The molecule has 0 unspecified atom stereocenters. The average Bonchev–Trinajstić information content (AvgIpc) is 3.38. The number of ether oxygens (including phenoxy) is 2. The zero-order valence-electron chi connectivity index (χ0n) is 24.6. The highest BCUT2D eigenvalue weighted by atomic mass is 79.9. The van der Waals surface area contributed by atoms with Crippen molar-refractivity contribution in [3.8, 4) is 5.75 Å². The van der Waals surface area contributed by atoms with Gasteiger partial charge in [0.05, 0.1) is 32.9 Å². The first kappa shape index (κ1) is 30.8. The van der Waals surface area contributed by atoms with Gasteiger partial charge in [-0.15, -0.1) is 11.8 Å². The van der Waals surface area contributed by atoms with E-state index in [-0.39, 0.29) is 12.2 Å². The smallest absolute Gasteiger partial charge is 0.338 e. The second-order valence-electron chi connectivity index (χ2n) is 10.2. The molecule has 0 bridgehead atoms. The average molecular weight is 698 g/mol. The number of esters is 1. The van der Waals surface area contributed by atoms with Gasteiger partial charge < -0.3 is 9.47 Å². The largest absolute Gasteiger partial charge is 0.488 e. The molecule has 226 valence electrons. The van der Waals surface area contributed by atoms with Crippen LogP contribution < -0.4 is 19.6 Å². The third kappa shape index (κ3) is 6.61. The highest BCUT2D eigenvalue weighted by molar-refractivity contribution is 9.10. The Bertz CT molecular complexity index is 2050. The minimum Gasteiger partial charge on any atom is -0.488 e. The van der Waals surface area contributed by atoms with Gasteiger partial charge in [0.25, 0.3) is 5.56 Å². The van der Waals surface area contributed by atoms with Crippen molar-refractivity contribution in [1.29, 1.82) is 0 Å². The fourth-order valence-corrected chi connectivity index (χ4v) is 7.07. The predicted molar refractivity (Wildman–Crippen MR) is 184 cm³/mol. The summed E-state index contributed by atoms with van der Waals surface area (Å²) in [6.45, 7) is 2.42. The summed E-state index contributed by atoms with van der Waals surface area (Å²) < 4.78 is 14.5. The van der Waals surface area contributed by atoms with Gasteiger partial charge in [0.2, 0.25) is 0 Å². The van der Waals surface area contributed by atoms with Gasteiger partial charge in [0.15, 0.2) is 4.80 Å². The monoisotopic (exact) mass is 696 g/mol. The van der Waals surface area contributed by atoms with Crippen LogP contribution in [0.25, 0.3) is 11.8 Å². The Hall–Kier alpha value is -4.18. The summed E-state index contributed by atoms with van der Waals surface area (Å²) >= 11 is 6.56. The lowest BCUT2D eigenvalue weighted by Crippen LogP contribution is -2.40. The third-order valence-electron chi connectivity index (χ3n) is 7.30. The van der Waals surface area contributed by atoms with Crippen molar-refractivity contribution in [2.24, 2.45) is 4.99 Å². The molecule has 0 saturated heterocycles. The number of rotatable bonds is 9. The van der Waals surface area contributed by atoms with E-state index < -0.39 is 12.0 Å². The first-order valence-corrected chi connectivity index (χ1v) is 17.2. The van der Waals surface area contributed by atoms with Crippen LogP contribution in [0.5, 0.6) is 5.75 Å². The minimum absolute atomic E-state index is 0.201. The number of halogens is 1. The Morgan fingerprint density at radius 1 is 1.00 bits per heavy atom. The highest BCUT2D eigenvalue weighted by Gasteiger charge is 2.35. The topological polar surface area (TPSA) is 69.9 Å². The summed E-state index contributed by atoms with van der Waals surface area (Å²) in [5, 5.41) is 0. The molecular weight excluding hydrogens is 668 g/mol. The lowest BCUT2D eigenvalue weighted by Gasteiger charge is -2.26. The summed E-state index contributed by atoms with van der Waals surface area (Å²) in [6, 6.07) is 32.5. The standard InChI is InChI=1S/C36H29BrN2O4S2/c1-3-42-35(41)31-32(25-12-8-5-9-13-25)38-36-39(33(31)26-15-17-27(44-2)18-16-26)34(40)30(45-36)21-24-14-19-29(28(37)20-24)43-22-23-10-6-4-7-11-23/h4-21,33H,3,22H2,1-2H3/b30-21-/t33-/m1/s1. The van der Waals surface area contributed by atoms with Gasteiger partial charge in [-0.25, -0.2) is 9.79 Å². The molecule has 0 aliphatic carbocycles. The maximum Gasteiger partial charge on any atom is 0.338 e. The molecule has 1 aliphatic rings. The Balaban J connectivity index is 1.47. The van der Waals surface area contributed by atoms with E-state index in [1.54, 1.807) is 23.3 Å². The molecule has 0 amide bonds. The SMILES string of the molecule is CCOC(=O)C1=C(c2ccccc2)N=c2s/c(=C\c3ccc(OCc4ccccc4)c(Br)c3)c(=O)n2[C@@H]1c1ccc(SC)cc1. The van der Waals surface area contributed by atoms with Crippen molar-refractivity contribution in [1.82, 2.24) is 4.57 Å². The molecule has 5 aromatic rings. The van der Waals surface area contributed by atoms with Crippen molar-refractivity contribution < 1.29 is 14.3 Å². The van der Waals surface area contributed by atoms with E-state index in [1.807, 2.05) is 115 Å². The van der Waals surface area contributed by atoms with Crippen molar-refractivity contribution in [2.75, 3.05) is 12.9 Å². The molecular formula is C36H29BrN2O4S2. The Kier molecular flexibility index (Phi) is 9.49. The molecule has 6 rings (SSSR count). The molecule has 4 aromatic carbocycles. The molecule has 9 heteroatoms. The van der Waals surface area contributed by atoms with Crippen LogP contribution in [0.4, 0.5) is 0 Å². The normalized spacial score (nSPS) is 14.6. The number of benzene rings is 4. The van der Waals surface area contributed by atoms with Gasteiger partial charge in [0, 0.05) is 10.5 Å². The molecule has 2 heterocycles. The first-order chi connectivity index (χ1) is 22.0. The summed E-state index contributed by atoms with van der Waals surface area (Å²) in [5.74, 6) is 0.209. The van der Waals surface area contributed by atoms with Crippen LogP contribution in [-0.4, -0.2) is 23.4 Å². The van der Waals surface area contributed by atoms with E-state index in [0.29, 0.717) is 33.0 Å². The summed E-state index contributed by atoms with van der Waals surface area (Å²) in [6.07, 6.45) is 3.86. The molecule has 1 aliphatic heterocycles. The van der Waals surface area contributed by atoms with Crippen LogP contribution in [0.15, 0.2) is 128 Å². The van der Waals surface area contributed by atoms with Crippen LogP contribution in [0.1, 0.15) is 35.2 Å². The lowest BCUT2D eigenvalue weighted by molar-refractivity contribution is -0.138. The third-order valence-corrected chi connectivity index (χ3v) is 9.64. The Morgan fingerprint density at radius 3 is 2.38 bits per heavy atom. The number of carbonyl (C=O) groups is 1. The molecule has 0 N–H and O–H groups in total. The first-order valence-electron chi connectivity index (χ1n) is 14.4. The lowest BCUT2D eigenvalue weighted by atomic mass is 9.93. The number of hydrogen-bond donors (Lipinski definition) is 0. The number of thioether (sulfide) groups is 1. The maximum absolute atomic E-state index is 14.2. The van der Waals surface area contributed by atoms with Crippen molar-refractivity contribution in [3.05, 3.63) is 155 Å². The number of aromatic nitrogens is 1. The molecule has 0 spiro atoms. The predicted octanol–water partition coefficient (Wildman–Crippen LogP) is 7.00. The second-order valence-corrected chi connectivity index (χ2v) is 12.9. The fourth-order valence-electron chi connectivity index (χ4n) is 5.15. The van der Waals surface area contributed by atoms with Crippen LogP contribution in [0.2, 0.25) is 0 Å². The van der Waals surface area contributed by atoms with E-state index in [1.165, 1.54) is 11.3 Å². The number of carbonyl (C=O) groups excluding carboxylic acids is 1. The Morgan fingerprint density at radius 2 is 1.71 bits per heavy atom. The van der Waals surface area contributed by atoms with Gasteiger partial charge in [-0.1, -0.05) is 90.2 Å². The van der Waals surface area contributed by atoms with Gasteiger partial charge >= 0.3 is 5.97 Å². The number of thiazole rings is 1. The maximum atomic E-state index is 14.2. The highest BCUT2D eigenvalue weighted by Crippen LogP contribution is 2.36. The molecule has 0 fully saturated rings. The van der Waals surface area contributed by atoms with Gasteiger partial charge in [-0.05, 0) is 76.1 Å². The van der Waals surface area contributed by atoms with Crippen LogP contribution in [0, 0.1) is 0 Å². The quantitative estimate of drug-likeness (QED) is 0.123. The second kappa shape index (κ2) is 13.9. The van der Waals surface area contributed by atoms with Crippen molar-refractivity contribution >= 4 is 56.8 Å².